The molecule has 0 aromatic heterocycles. The van der Waals surface area contributed by atoms with Gasteiger partial charge < -0.3 is 20.1 Å². The van der Waals surface area contributed by atoms with Crippen LogP contribution < -0.4 is 20.1 Å². The minimum absolute atomic E-state index is 0.0801. The normalized spacial score (nSPS) is 19.3. The third-order valence-corrected chi connectivity index (χ3v) is 2.64. The van der Waals surface area contributed by atoms with Crippen LogP contribution in [0.2, 0.25) is 0 Å². The van der Waals surface area contributed by atoms with Crippen LogP contribution in [0.5, 0.6) is 11.5 Å². The zero-order valence-corrected chi connectivity index (χ0v) is 9.27. The molecule has 1 aliphatic rings. The summed E-state index contributed by atoms with van der Waals surface area (Å²) in [6.07, 6.45) is 0. The van der Waals surface area contributed by atoms with Gasteiger partial charge in [0, 0.05) is 6.07 Å². The number of anilines is 1. The number of nitrogens with two attached hydrogens (primary N) is 1. The van der Waals surface area contributed by atoms with Crippen LogP contribution in [0, 0.1) is 0 Å². The average molecular weight is 222 g/mol. The Kier molecular flexibility index (Phi) is 2.70. The van der Waals surface area contributed by atoms with Crippen LogP contribution in [0.1, 0.15) is 0 Å². The van der Waals surface area contributed by atoms with Gasteiger partial charge in [-0.15, -0.1) is 0 Å². The minimum Gasteiger partial charge on any atom is -0.497 e. The average Bonchev–Trinajstić information content (AvgIpc) is 2.34. The van der Waals surface area contributed by atoms with Crippen LogP contribution in [-0.2, 0) is 4.79 Å². The van der Waals surface area contributed by atoms with Crippen molar-refractivity contribution in [3.63, 3.8) is 0 Å². The molecule has 0 radical (unpaired) electrons. The van der Waals surface area contributed by atoms with Gasteiger partial charge in [0.15, 0.2) is 0 Å². The largest absolute Gasteiger partial charge is 0.497 e. The number of β-lactam (4-membered cyclic amide) rings is 1. The molecule has 1 heterocycles. The van der Waals surface area contributed by atoms with Crippen molar-refractivity contribution in [1.82, 2.24) is 0 Å². The molecule has 1 aromatic rings. The molecule has 1 amide bonds. The van der Waals surface area contributed by atoms with E-state index in [0.29, 0.717) is 18.0 Å². The molecule has 5 nitrogen and oxygen atoms in total. The standard InChI is InChI=1S/C11H14N2O3/c1-15-7-3-4-9(10(5-7)16-2)13-6-8(12)11(13)14/h3-5,8H,6,12H2,1-2H3. The SMILES string of the molecule is COc1ccc(N2CC(N)C2=O)c(OC)c1. The lowest BCUT2D eigenvalue weighted by Gasteiger charge is -2.36. The molecule has 1 atom stereocenters. The molecular formula is C11H14N2O3. The number of nitrogens with zero attached hydrogens (tertiary/aromatic N) is 1. The second-order valence-electron chi connectivity index (χ2n) is 3.59. The van der Waals surface area contributed by atoms with Crippen molar-refractivity contribution in [2.24, 2.45) is 5.73 Å². The predicted molar refractivity (Wildman–Crippen MR) is 59.9 cm³/mol. The Morgan fingerprint density at radius 1 is 1.38 bits per heavy atom. The molecule has 1 aromatic carbocycles. The number of ether oxygens (including phenoxy) is 2. The number of rotatable bonds is 3. The summed E-state index contributed by atoms with van der Waals surface area (Å²) in [6, 6.07) is 4.94. The summed E-state index contributed by atoms with van der Waals surface area (Å²) < 4.78 is 10.3. The highest BCUT2D eigenvalue weighted by atomic mass is 16.5. The van der Waals surface area contributed by atoms with Gasteiger partial charge in [-0.2, -0.15) is 0 Å². The molecule has 16 heavy (non-hydrogen) atoms. The molecule has 2 N–H and O–H groups in total. The zero-order valence-electron chi connectivity index (χ0n) is 9.27. The number of hydrogen-bond donors (Lipinski definition) is 1. The third kappa shape index (κ3) is 1.59. The second kappa shape index (κ2) is 4.02. The summed E-state index contributed by atoms with van der Waals surface area (Å²) in [6.45, 7) is 0.529. The fraction of sp³-hybridized carbons (Fsp3) is 0.364. The maximum absolute atomic E-state index is 11.5. The van der Waals surface area contributed by atoms with E-state index in [0.717, 1.165) is 5.69 Å². The van der Waals surface area contributed by atoms with E-state index >= 15 is 0 Å². The van der Waals surface area contributed by atoms with Gasteiger partial charge in [0.2, 0.25) is 5.91 Å². The molecule has 5 heteroatoms. The third-order valence-electron chi connectivity index (χ3n) is 2.64. The minimum atomic E-state index is -0.383. The highest BCUT2D eigenvalue weighted by molar-refractivity contribution is 6.04. The molecule has 0 bridgehead atoms. The number of hydrogen-bond acceptors (Lipinski definition) is 4. The number of benzene rings is 1. The van der Waals surface area contributed by atoms with Crippen LogP contribution in [0.4, 0.5) is 5.69 Å². The summed E-state index contributed by atoms with van der Waals surface area (Å²) in [5.74, 6) is 1.22. The van der Waals surface area contributed by atoms with Gasteiger partial charge in [0.05, 0.1) is 26.5 Å². The summed E-state index contributed by atoms with van der Waals surface area (Å²) in [5, 5.41) is 0. The lowest BCUT2D eigenvalue weighted by Crippen LogP contribution is -2.61. The van der Waals surface area contributed by atoms with Crippen molar-refractivity contribution < 1.29 is 14.3 Å². The fourth-order valence-electron chi connectivity index (χ4n) is 1.68. The Labute approximate surface area is 93.7 Å². The molecule has 0 saturated carbocycles. The maximum atomic E-state index is 11.5. The molecule has 0 aliphatic carbocycles. The van der Waals surface area contributed by atoms with Crippen molar-refractivity contribution in [3.05, 3.63) is 18.2 Å². The Morgan fingerprint density at radius 3 is 2.62 bits per heavy atom. The first-order valence-electron chi connectivity index (χ1n) is 4.96. The van der Waals surface area contributed by atoms with Gasteiger partial charge in [-0.25, -0.2) is 0 Å². The number of carbonyl (C=O) groups is 1. The van der Waals surface area contributed by atoms with E-state index in [2.05, 4.69) is 0 Å². The van der Waals surface area contributed by atoms with Gasteiger partial charge in [-0.3, -0.25) is 4.79 Å². The van der Waals surface area contributed by atoms with Gasteiger partial charge in [0.25, 0.3) is 0 Å². The Balaban J connectivity index is 2.31. The van der Waals surface area contributed by atoms with Gasteiger partial charge in [0.1, 0.15) is 17.5 Å². The predicted octanol–water partition coefficient (Wildman–Crippen LogP) is 0.378. The van der Waals surface area contributed by atoms with E-state index in [-0.39, 0.29) is 11.9 Å². The van der Waals surface area contributed by atoms with Crippen molar-refractivity contribution >= 4 is 11.6 Å². The van der Waals surface area contributed by atoms with Crippen molar-refractivity contribution in [2.45, 2.75) is 6.04 Å². The number of carbonyl (C=O) groups excluding carboxylic acids is 1. The van der Waals surface area contributed by atoms with E-state index in [9.17, 15) is 4.79 Å². The lowest BCUT2D eigenvalue weighted by molar-refractivity contribution is -0.123. The smallest absolute Gasteiger partial charge is 0.245 e. The second-order valence-corrected chi connectivity index (χ2v) is 3.59. The quantitative estimate of drug-likeness (QED) is 0.751. The molecule has 2 rings (SSSR count). The zero-order chi connectivity index (χ0) is 11.7. The van der Waals surface area contributed by atoms with E-state index in [4.69, 9.17) is 15.2 Å². The molecule has 1 fully saturated rings. The van der Waals surface area contributed by atoms with Crippen molar-refractivity contribution in [2.75, 3.05) is 25.7 Å². The number of methoxy groups -OCH3 is 2. The summed E-state index contributed by atoms with van der Waals surface area (Å²) >= 11 is 0. The van der Waals surface area contributed by atoms with Crippen LogP contribution in [0.15, 0.2) is 18.2 Å². The van der Waals surface area contributed by atoms with Crippen LogP contribution in [0.3, 0.4) is 0 Å². The molecule has 1 aliphatic heterocycles. The molecule has 1 unspecified atom stereocenters. The van der Waals surface area contributed by atoms with Crippen molar-refractivity contribution in [1.29, 1.82) is 0 Å². The molecule has 86 valence electrons. The summed E-state index contributed by atoms with van der Waals surface area (Å²) in [7, 11) is 3.14. The van der Waals surface area contributed by atoms with Crippen LogP contribution in [0.25, 0.3) is 0 Å². The Morgan fingerprint density at radius 2 is 2.12 bits per heavy atom. The van der Waals surface area contributed by atoms with Gasteiger partial charge >= 0.3 is 0 Å². The summed E-state index contributed by atoms with van der Waals surface area (Å²) in [5.41, 5.74) is 6.27. The molecule has 1 saturated heterocycles. The maximum Gasteiger partial charge on any atom is 0.245 e. The fourth-order valence-corrected chi connectivity index (χ4v) is 1.68. The monoisotopic (exact) mass is 222 g/mol. The Hall–Kier alpha value is -1.75. The first-order chi connectivity index (χ1) is 7.67. The van der Waals surface area contributed by atoms with E-state index in [1.54, 1.807) is 37.3 Å². The van der Waals surface area contributed by atoms with Crippen LogP contribution >= 0.6 is 0 Å². The number of amides is 1. The van der Waals surface area contributed by atoms with E-state index in [1.165, 1.54) is 0 Å². The Bertz CT molecular complexity index is 420. The van der Waals surface area contributed by atoms with Gasteiger partial charge in [-0.05, 0) is 12.1 Å². The van der Waals surface area contributed by atoms with E-state index < -0.39 is 0 Å². The van der Waals surface area contributed by atoms with Crippen molar-refractivity contribution in [3.8, 4) is 11.5 Å². The topological polar surface area (TPSA) is 64.8 Å². The summed E-state index contributed by atoms with van der Waals surface area (Å²) in [4.78, 5) is 13.1. The first kappa shape index (κ1) is 10.8. The molecule has 0 spiro atoms. The van der Waals surface area contributed by atoms with Crippen LogP contribution in [-0.4, -0.2) is 32.7 Å². The van der Waals surface area contributed by atoms with Gasteiger partial charge in [-0.1, -0.05) is 0 Å². The molecular weight excluding hydrogens is 208 g/mol. The highest BCUT2D eigenvalue weighted by Gasteiger charge is 2.36. The van der Waals surface area contributed by atoms with E-state index in [1.807, 2.05) is 0 Å². The lowest BCUT2D eigenvalue weighted by atomic mass is 10.1. The first-order valence-corrected chi connectivity index (χ1v) is 4.96. The highest BCUT2D eigenvalue weighted by Crippen LogP contribution is 2.34.